The minimum atomic E-state index is 0.216. The van der Waals surface area contributed by atoms with Gasteiger partial charge in [0.1, 0.15) is 5.76 Å². The first-order valence-corrected chi connectivity index (χ1v) is 6.32. The van der Waals surface area contributed by atoms with Crippen LogP contribution in [0.5, 0.6) is 0 Å². The van der Waals surface area contributed by atoms with E-state index >= 15 is 0 Å². The van der Waals surface area contributed by atoms with Gasteiger partial charge in [0.2, 0.25) is 0 Å². The molecule has 0 bridgehead atoms. The summed E-state index contributed by atoms with van der Waals surface area (Å²) in [7, 11) is 0. The molecule has 3 rings (SSSR count). The van der Waals surface area contributed by atoms with Gasteiger partial charge < -0.3 is 4.42 Å². The molecule has 0 spiro atoms. The molecule has 0 saturated carbocycles. The number of rotatable bonds is 1. The van der Waals surface area contributed by atoms with Crippen molar-refractivity contribution in [3.63, 3.8) is 0 Å². The Morgan fingerprint density at radius 1 is 1.11 bits per heavy atom. The highest BCUT2D eigenvalue weighted by molar-refractivity contribution is 5.99. The van der Waals surface area contributed by atoms with Crippen molar-refractivity contribution < 1.29 is 9.21 Å². The minimum Gasteiger partial charge on any atom is -0.468 e. The number of furan rings is 1. The molecule has 1 aromatic carbocycles. The molecule has 1 aliphatic carbocycles. The zero-order chi connectivity index (χ0) is 12.7. The van der Waals surface area contributed by atoms with Crippen molar-refractivity contribution in [1.29, 1.82) is 0 Å². The maximum Gasteiger partial charge on any atom is 0.167 e. The molecule has 1 unspecified atom stereocenters. The average molecular weight is 240 g/mol. The second kappa shape index (κ2) is 4.13. The van der Waals surface area contributed by atoms with Gasteiger partial charge in [0.05, 0.1) is 11.8 Å². The molecule has 0 amide bonds. The van der Waals surface area contributed by atoms with E-state index in [4.69, 9.17) is 4.42 Å². The molecular formula is C16H16O2. The molecule has 18 heavy (non-hydrogen) atoms. The molecule has 0 aliphatic heterocycles. The number of aryl methyl sites for hydroxylation is 2. The van der Waals surface area contributed by atoms with Gasteiger partial charge in [0.15, 0.2) is 5.78 Å². The molecule has 1 aliphatic rings. The summed E-state index contributed by atoms with van der Waals surface area (Å²) in [6.07, 6.45) is 3.12. The Hall–Kier alpha value is -1.83. The van der Waals surface area contributed by atoms with Crippen molar-refractivity contribution in [2.75, 3.05) is 0 Å². The van der Waals surface area contributed by atoms with Crippen LogP contribution in [-0.2, 0) is 6.42 Å². The zero-order valence-corrected chi connectivity index (χ0v) is 10.7. The van der Waals surface area contributed by atoms with E-state index in [9.17, 15) is 4.79 Å². The van der Waals surface area contributed by atoms with Crippen LogP contribution >= 0.6 is 0 Å². The molecule has 0 radical (unpaired) electrons. The molecule has 2 aromatic rings. The quantitative estimate of drug-likeness (QED) is 0.758. The summed E-state index contributed by atoms with van der Waals surface area (Å²) in [6.45, 7) is 4.01. The zero-order valence-electron chi connectivity index (χ0n) is 10.7. The lowest BCUT2D eigenvalue weighted by atomic mass is 9.82. The number of ketones is 1. The lowest BCUT2D eigenvalue weighted by Crippen LogP contribution is -2.18. The van der Waals surface area contributed by atoms with Crippen LogP contribution in [0.2, 0.25) is 0 Å². The van der Waals surface area contributed by atoms with Gasteiger partial charge in [-0.15, -0.1) is 0 Å². The Morgan fingerprint density at radius 2 is 1.83 bits per heavy atom. The van der Waals surface area contributed by atoms with E-state index in [0.717, 1.165) is 23.3 Å². The van der Waals surface area contributed by atoms with Gasteiger partial charge >= 0.3 is 0 Å². The van der Waals surface area contributed by atoms with Crippen LogP contribution in [0.3, 0.4) is 0 Å². The van der Waals surface area contributed by atoms with Crippen molar-refractivity contribution >= 4 is 5.78 Å². The summed E-state index contributed by atoms with van der Waals surface area (Å²) in [5.41, 5.74) is 4.26. The second-order valence-electron chi connectivity index (χ2n) is 5.16. The average Bonchev–Trinajstić information content (AvgIpc) is 2.72. The monoisotopic (exact) mass is 240 g/mol. The smallest absolute Gasteiger partial charge is 0.167 e. The van der Waals surface area contributed by atoms with Crippen molar-refractivity contribution in [2.24, 2.45) is 0 Å². The van der Waals surface area contributed by atoms with Gasteiger partial charge in [-0.25, -0.2) is 0 Å². The molecule has 2 heteroatoms. The Labute approximate surface area is 107 Å². The molecule has 1 atom stereocenters. The van der Waals surface area contributed by atoms with Crippen LogP contribution < -0.4 is 0 Å². The second-order valence-corrected chi connectivity index (χ2v) is 5.16. The fraction of sp³-hybridized carbons (Fsp3) is 0.312. The first-order valence-electron chi connectivity index (χ1n) is 6.32. The third-order valence-corrected chi connectivity index (χ3v) is 3.74. The van der Waals surface area contributed by atoms with E-state index in [1.807, 2.05) is 6.92 Å². The Morgan fingerprint density at radius 3 is 2.56 bits per heavy atom. The number of carbonyl (C=O) groups excluding carboxylic acids is 1. The fourth-order valence-electron chi connectivity index (χ4n) is 2.72. The Balaban J connectivity index is 1.94. The van der Waals surface area contributed by atoms with Gasteiger partial charge in [-0.1, -0.05) is 29.8 Å². The maximum atomic E-state index is 12.2. The van der Waals surface area contributed by atoms with Crippen LogP contribution in [0.15, 0.2) is 34.9 Å². The van der Waals surface area contributed by atoms with Crippen LogP contribution in [0.25, 0.3) is 0 Å². The molecule has 0 fully saturated rings. The highest BCUT2D eigenvalue weighted by Crippen LogP contribution is 2.34. The predicted octanol–water partition coefficient (Wildman–Crippen LogP) is 3.81. The van der Waals surface area contributed by atoms with Crippen LogP contribution in [0.4, 0.5) is 0 Å². The summed E-state index contributed by atoms with van der Waals surface area (Å²) in [5, 5.41) is 0. The fourth-order valence-corrected chi connectivity index (χ4v) is 2.72. The normalized spacial score (nSPS) is 18.8. The highest BCUT2D eigenvalue weighted by atomic mass is 16.3. The first kappa shape index (κ1) is 11.3. The summed E-state index contributed by atoms with van der Waals surface area (Å²) in [4.78, 5) is 12.2. The molecule has 1 heterocycles. The van der Waals surface area contributed by atoms with Crippen molar-refractivity contribution in [2.45, 2.75) is 32.6 Å². The summed E-state index contributed by atoms with van der Waals surface area (Å²) in [6, 6.07) is 8.44. The third kappa shape index (κ3) is 1.78. The van der Waals surface area contributed by atoms with Crippen molar-refractivity contribution in [3.8, 4) is 0 Å². The van der Waals surface area contributed by atoms with Crippen LogP contribution in [0.1, 0.15) is 45.1 Å². The molecule has 0 N–H and O–H groups in total. The standard InChI is InChI=1S/C16H16O2/c1-10-3-5-12(6-4-10)13-7-14(17)16-11(2)9-18-15(16)8-13/h3-6,9,13H,7-8H2,1-2H3. The number of carbonyl (C=O) groups is 1. The predicted molar refractivity (Wildman–Crippen MR) is 70.0 cm³/mol. The summed E-state index contributed by atoms with van der Waals surface area (Å²) < 4.78 is 5.51. The lowest BCUT2D eigenvalue weighted by molar-refractivity contribution is 0.0960. The topological polar surface area (TPSA) is 30.2 Å². The van der Waals surface area contributed by atoms with Crippen LogP contribution in [-0.4, -0.2) is 5.78 Å². The summed E-state index contributed by atoms with van der Waals surface area (Å²) >= 11 is 0. The lowest BCUT2D eigenvalue weighted by Gasteiger charge is -2.21. The van der Waals surface area contributed by atoms with E-state index in [2.05, 4.69) is 31.2 Å². The molecule has 2 nitrogen and oxygen atoms in total. The largest absolute Gasteiger partial charge is 0.468 e. The number of Topliss-reactive ketones (excluding diaryl/α,β-unsaturated/α-hetero) is 1. The molecule has 0 saturated heterocycles. The Kier molecular flexibility index (Phi) is 2.58. The summed E-state index contributed by atoms with van der Waals surface area (Å²) in [5.74, 6) is 1.33. The van der Waals surface area contributed by atoms with Gasteiger partial charge in [0, 0.05) is 12.8 Å². The first-order chi connectivity index (χ1) is 8.65. The number of fused-ring (bicyclic) bond motifs is 1. The maximum absolute atomic E-state index is 12.2. The number of benzene rings is 1. The van der Waals surface area contributed by atoms with E-state index in [0.29, 0.717) is 6.42 Å². The molecular weight excluding hydrogens is 224 g/mol. The Bertz CT molecular complexity index is 590. The SMILES string of the molecule is Cc1ccc(C2CC(=O)c3c(C)coc3C2)cc1. The van der Waals surface area contributed by atoms with Crippen LogP contribution in [0, 0.1) is 13.8 Å². The van der Waals surface area contributed by atoms with Gasteiger partial charge in [-0.05, 0) is 30.9 Å². The van der Waals surface area contributed by atoms with Gasteiger partial charge in [-0.3, -0.25) is 4.79 Å². The van der Waals surface area contributed by atoms with E-state index < -0.39 is 0 Å². The van der Waals surface area contributed by atoms with Crippen molar-refractivity contribution in [1.82, 2.24) is 0 Å². The van der Waals surface area contributed by atoms with Gasteiger partial charge in [-0.2, -0.15) is 0 Å². The van der Waals surface area contributed by atoms with E-state index in [1.165, 1.54) is 11.1 Å². The molecule has 1 aromatic heterocycles. The van der Waals surface area contributed by atoms with E-state index in [1.54, 1.807) is 6.26 Å². The van der Waals surface area contributed by atoms with Gasteiger partial charge in [0.25, 0.3) is 0 Å². The third-order valence-electron chi connectivity index (χ3n) is 3.74. The number of hydrogen-bond donors (Lipinski definition) is 0. The van der Waals surface area contributed by atoms with E-state index in [-0.39, 0.29) is 11.7 Å². The number of hydrogen-bond acceptors (Lipinski definition) is 2. The molecule has 92 valence electrons. The minimum absolute atomic E-state index is 0.216. The van der Waals surface area contributed by atoms with Crippen molar-refractivity contribution in [3.05, 3.63) is 58.5 Å². The highest BCUT2D eigenvalue weighted by Gasteiger charge is 2.30.